The van der Waals surface area contributed by atoms with Crippen LogP contribution in [0.25, 0.3) is 0 Å². The Bertz CT molecular complexity index is 584. The molecule has 0 radical (unpaired) electrons. The van der Waals surface area contributed by atoms with Crippen LogP contribution in [0.3, 0.4) is 0 Å². The molecule has 2 rings (SSSR count). The number of rotatable bonds is 4. The van der Waals surface area contributed by atoms with E-state index in [0.717, 1.165) is 17.3 Å². The van der Waals surface area contributed by atoms with Gasteiger partial charge in [-0.15, -0.1) is 11.8 Å². The van der Waals surface area contributed by atoms with Gasteiger partial charge < -0.3 is 5.43 Å². The van der Waals surface area contributed by atoms with E-state index in [4.69, 9.17) is 5.84 Å². The van der Waals surface area contributed by atoms with Gasteiger partial charge in [0.05, 0.1) is 5.75 Å². The first kappa shape index (κ1) is 13.8. The minimum atomic E-state index is 0.656. The molecule has 4 nitrogen and oxygen atoms in total. The van der Waals surface area contributed by atoms with E-state index in [1.807, 2.05) is 13.0 Å². The molecule has 0 aliphatic rings. The monoisotopic (exact) mass is 274 g/mol. The maximum Gasteiger partial charge on any atom is 0.143 e. The molecule has 19 heavy (non-hydrogen) atoms. The van der Waals surface area contributed by atoms with E-state index in [2.05, 4.69) is 47.4 Å². The van der Waals surface area contributed by atoms with E-state index in [-0.39, 0.29) is 0 Å². The zero-order valence-electron chi connectivity index (χ0n) is 11.4. The fourth-order valence-electron chi connectivity index (χ4n) is 1.87. The number of hydrogen-bond donors (Lipinski definition) is 2. The van der Waals surface area contributed by atoms with Gasteiger partial charge in [0.25, 0.3) is 0 Å². The van der Waals surface area contributed by atoms with Crippen molar-refractivity contribution in [1.29, 1.82) is 0 Å². The Labute approximate surface area is 117 Å². The molecule has 0 bridgehead atoms. The number of anilines is 1. The van der Waals surface area contributed by atoms with Crippen molar-refractivity contribution in [1.82, 2.24) is 9.97 Å². The average molecular weight is 274 g/mol. The van der Waals surface area contributed by atoms with Crippen LogP contribution in [0.1, 0.15) is 22.6 Å². The Balaban J connectivity index is 2.12. The Morgan fingerprint density at radius 2 is 1.95 bits per heavy atom. The molecular weight excluding hydrogens is 256 g/mol. The van der Waals surface area contributed by atoms with Crippen LogP contribution in [0.15, 0.2) is 29.2 Å². The van der Waals surface area contributed by atoms with Crippen LogP contribution in [0.4, 0.5) is 5.82 Å². The minimum absolute atomic E-state index is 0.656. The average Bonchev–Trinajstić information content (AvgIpc) is 2.37. The van der Waals surface area contributed by atoms with Crippen LogP contribution in [0.2, 0.25) is 0 Å². The number of aryl methyl sites for hydroxylation is 3. The lowest BCUT2D eigenvalue weighted by atomic mass is 10.2. The first-order valence-corrected chi connectivity index (χ1v) is 7.08. The smallest absolute Gasteiger partial charge is 0.143 e. The molecule has 0 saturated carbocycles. The van der Waals surface area contributed by atoms with E-state index >= 15 is 0 Å². The molecule has 0 spiro atoms. The number of benzene rings is 1. The molecule has 0 fully saturated rings. The summed E-state index contributed by atoms with van der Waals surface area (Å²) in [5, 5.41) is 0. The number of nitrogens with two attached hydrogens (primary N) is 1. The highest BCUT2D eigenvalue weighted by Crippen LogP contribution is 2.26. The van der Waals surface area contributed by atoms with Crippen LogP contribution in [-0.2, 0) is 5.75 Å². The second kappa shape index (κ2) is 6.04. The van der Waals surface area contributed by atoms with Crippen molar-refractivity contribution in [2.75, 3.05) is 5.43 Å². The zero-order valence-corrected chi connectivity index (χ0v) is 12.2. The van der Waals surface area contributed by atoms with Crippen molar-refractivity contribution in [3.05, 3.63) is 46.9 Å². The second-order valence-electron chi connectivity index (χ2n) is 4.51. The molecule has 0 unspecified atom stereocenters. The highest BCUT2D eigenvalue weighted by Gasteiger charge is 2.04. The lowest BCUT2D eigenvalue weighted by molar-refractivity contribution is 0.990. The van der Waals surface area contributed by atoms with Crippen molar-refractivity contribution >= 4 is 17.6 Å². The number of hydrazine groups is 1. The van der Waals surface area contributed by atoms with Gasteiger partial charge in [-0.2, -0.15) is 0 Å². The molecule has 0 aliphatic heterocycles. The molecule has 1 heterocycles. The number of hydrogen-bond acceptors (Lipinski definition) is 5. The fraction of sp³-hybridized carbons (Fsp3) is 0.286. The van der Waals surface area contributed by atoms with Gasteiger partial charge in [-0.05, 0) is 32.4 Å². The molecule has 0 saturated heterocycles. The molecule has 0 aliphatic carbocycles. The minimum Gasteiger partial charge on any atom is -0.308 e. The molecular formula is C14H18N4S. The largest absolute Gasteiger partial charge is 0.308 e. The van der Waals surface area contributed by atoms with Gasteiger partial charge in [-0.25, -0.2) is 15.8 Å². The number of nitrogen functional groups attached to an aromatic ring is 1. The first-order valence-electron chi connectivity index (χ1n) is 6.09. The quantitative estimate of drug-likeness (QED) is 0.510. The van der Waals surface area contributed by atoms with Crippen molar-refractivity contribution in [3.63, 3.8) is 0 Å². The molecule has 100 valence electrons. The highest BCUT2D eigenvalue weighted by atomic mass is 32.2. The molecule has 3 N–H and O–H groups in total. The standard InChI is InChI=1S/C14H18N4S/c1-9-4-5-12(10(2)6-9)19-8-14-16-11(3)7-13(17-14)18-15/h4-7H,8,15H2,1-3H3,(H,16,17,18). The molecule has 1 aromatic carbocycles. The third-order valence-electron chi connectivity index (χ3n) is 2.74. The predicted octanol–water partition coefficient (Wildman–Crippen LogP) is 2.98. The first-order chi connectivity index (χ1) is 9.08. The summed E-state index contributed by atoms with van der Waals surface area (Å²) in [7, 11) is 0. The summed E-state index contributed by atoms with van der Waals surface area (Å²) in [5.74, 6) is 7.57. The van der Waals surface area contributed by atoms with Crippen molar-refractivity contribution < 1.29 is 0 Å². The van der Waals surface area contributed by atoms with Crippen LogP contribution >= 0.6 is 11.8 Å². The van der Waals surface area contributed by atoms with Crippen LogP contribution < -0.4 is 11.3 Å². The summed E-state index contributed by atoms with van der Waals surface area (Å²) in [6.07, 6.45) is 0. The van der Waals surface area contributed by atoms with Crippen LogP contribution in [0, 0.1) is 20.8 Å². The van der Waals surface area contributed by atoms with E-state index < -0.39 is 0 Å². The van der Waals surface area contributed by atoms with Crippen molar-refractivity contribution in [2.45, 2.75) is 31.4 Å². The van der Waals surface area contributed by atoms with Gasteiger partial charge in [0, 0.05) is 16.7 Å². The van der Waals surface area contributed by atoms with Crippen molar-refractivity contribution in [2.24, 2.45) is 5.84 Å². The van der Waals surface area contributed by atoms with Crippen LogP contribution in [0.5, 0.6) is 0 Å². The fourth-order valence-corrected chi connectivity index (χ4v) is 2.74. The Morgan fingerprint density at radius 3 is 2.63 bits per heavy atom. The van der Waals surface area contributed by atoms with Gasteiger partial charge in [0.15, 0.2) is 0 Å². The van der Waals surface area contributed by atoms with Crippen LogP contribution in [-0.4, -0.2) is 9.97 Å². The van der Waals surface area contributed by atoms with Crippen molar-refractivity contribution in [3.8, 4) is 0 Å². The summed E-state index contributed by atoms with van der Waals surface area (Å²) in [6.45, 7) is 6.16. The summed E-state index contributed by atoms with van der Waals surface area (Å²) in [5.41, 5.74) is 6.05. The number of nitrogens with zero attached hydrogens (tertiary/aromatic N) is 2. The van der Waals surface area contributed by atoms with Gasteiger partial charge in [-0.3, -0.25) is 0 Å². The lowest BCUT2D eigenvalue weighted by Gasteiger charge is -2.07. The summed E-state index contributed by atoms with van der Waals surface area (Å²) in [4.78, 5) is 10.0. The number of aromatic nitrogens is 2. The number of nitrogens with one attached hydrogen (secondary N) is 1. The van der Waals surface area contributed by atoms with E-state index in [0.29, 0.717) is 5.82 Å². The molecule has 0 atom stereocenters. The highest BCUT2D eigenvalue weighted by molar-refractivity contribution is 7.98. The lowest BCUT2D eigenvalue weighted by Crippen LogP contribution is -2.10. The Hall–Kier alpha value is -1.59. The summed E-state index contributed by atoms with van der Waals surface area (Å²) in [6, 6.07) is 8.28. The maximum atomic E-state index is 5.39. The number of thioether (sulfide) groups is 1. The van der Waals surface area contributed by atoms with Gasteiger partial charge in [0.1, 0.15) is 11.6 Å². The molecule has 0 amide bonds. The van der Waals surface area contributed by atoms with E-state index in [1.165, 1.54) is 16.0 Å². The van der Waals surface area contributed by atoms with E-state index in [1.54, 1.807) is 11.8 Å². The third kappa shape index (κ3) is 3.68. The zero-order chi connectivity index (χ0) is 13.8. The predicted molar refractivity (Wildman–Crippen MR) is 80.1 cm³/mol. The molecule has 5 heteroatoms. The second-order valence-corrected chi connectivity index (χ2v) is 5.53. The molecule has 2 aromatic rings. The normalized spacial score (nSPS) is 10.5. The SMILES string of the molecule is Cc1ccc(SCc2nc(C)cc(NN)n2)c(C)c1. The van der Waals surface area contributed by atoms with Gasteiger partial charge >= 0.3 is 0 Å². The summed E-state index contributed by atoms with van der Waals surface area (Å²) >= 11 is 1.74. The van der Waals surface area contributed by atoms with Gasteiger partial charge in [0.2, 0.25) is 0 Å². The topological polar surface area (TPSA) is 63.8 Å². The van der Waals surface area contributed by atoms with Gasteiger partial charge in [-0.1, -0.05) is 17.7 Å². The summed E-state index contributed by atoms with van der Waals surface area (Å²) < 4.78 is 0. The maximum absolute atomic E-state index is 5.39. The molecule has 1 aromatic heterocycles. The Morgan fingerprint density at radius 1 is 1.16 bits per heavy atom. The third-order valence-corrected chi connectivity index (χ3v) is 3.91. The Kier molecular flexibility index (Phi) is 4.39. The van der Waals surface area contributed by atoms with E-state index in [9.17, 15) is 0 Å².